The number of benzene rings is 1. The van der Waals surface area contributed by atoms with Crippen LogP contribution in [0.5, 0.6) is 11.5 Å². The van der Waals surface area contributed by atoms with E-state index < -0.39 is 0 Å². The lowest BCUT2D eigenvalue weighted by molar-refractivity contribution is 0.185. The normalized spacial score (nSPS) is 31.2. The van der Waals surface area contributed by atoms with E-state index in [1.165, 1.54) is 31.2 Å². The SMILES string of the molecule is Br.COc1cccc(C23CCCC(C2)NCC3Br)c1OC. The van der Waals surface area contributed by atoms with Crippen molar-refractivity contribution in [2.24, 2.45) is 0 Å². The quantitative estimate of drug-likeness (QED) is 0.753. The fourth-order valence-electron chi connectivity index (χ4n) is 3.92. The number of hydrogen-bond donors (Lipinski definition) is 1. The van der Waals surface area contributed by atoms with Gasteiger partial charge in [-0.05, 0) is 25.3 Å². The number of para-hydroxylation sites is 1. The van der Waals surface area contributed by atoms with Crippen LogP contribution in [0.15, 0.2) is 18.2 Å². The van der Waals surface area contributed by atoms with Gasteiger partial charge in [0, 0.05) is 28.4 Å². The molecule has 21 heavy (non-hydrogen) atoms. The summed E-state index contributed by atoms with van der Waals surface area (Å²) >= 11 is 3.92. The summed E-state index contributed by atoms with van der Waals surface area (Å²) in [6, 6.07) is 6.90. The fourth-order valence-corrected chi connectivity index (χ4v) is 4.77. The molecule has 3 unspecified atom stereocenters. The Bertz CT molecular complexity index is 497. The van der Waals surface area contributed by atoms with Gasteiger partial charge in [0.2, 0.25) is 0 Å². The van der Waals surface area contributed by atoms with Crippen molar-refractivity contribution in [1.29, 1.82) is 0 Å². The molecule has 1 N–H and O–H groups in total. The summed E-state index contributed by atoms with van der Waals surface area (Å²) in [6.45, 7) is 1.02. The first kappa shape index (κ1) is 17.1. The van der Waals surface area contributed by atoms with Crippen molar-refractivity contribution >= 4 is 32.9 Å². The van der Waals surface area contributed by atoms with Crippen LogP contribution >= 0.6 is 32.9 Å². The van der Waals surface area contributed by atoms with Gasteiger partial charge in [-0.1, -0.05) is 34.5 Å². The van der Waals surface area contributed by atoms with Crippen molar-refractivity contribution < 1.29 is 9.47 Å². The maximum atomic E-state index is 5.69. The second kappa shape index (κ2) is 6.88. The molecule has 1 saturated heterocycles. The van der Waals surface area contributed by atoms with Crippen molar-refractivity contribution in [1.82, 2.24) is 5.32 Å². The third kappa shape index (κ3) is 2.84. The van der Waals surface area contributed by atoms with Gasteiger partial charge in [-0.15, -0.1) is 17.0 Å². The third-order valence-corrected chi connectivity index (χ3v) is 6.11. The highest BCUT2D eigenvalue weighted by Gasteiger charge is 2.47. The van der Waals surface area contributed by atoms with Gasteiger partial charge in [0.15, 0.2) is 11.5 Å². The smallest absolute Gasteiger partial charge is 0.164 e. The zero-order valence-electron chi connectivity index (χ0n) is 12.5. The van der Waals surface area contributed by atoms with E-state index >= 15 is 0 Å². The second-order valence-corrected chi connectivity index (χ2v) is 6.97. The lowest BCUT2D eigenvalue weighted by Crippen LogP contribution is -2.56. The van der Waals surface area contributed by atoms with Crippen LogP contribution in [0.25, 0.3) is 0 Å². The first-order valence-corrected chi connectivity index (χ1v) is 8.22. The predicted octanol–water partition coefficient (Wildman–Crippen LogP) is 3.83. The van der Waals surface area contributed by atoms with Crippen molar-refractivity contribution in [3.63, 3.8) is 0 Å². The number of fused-ring (bicyclic) bond motifs is 2. The van der Waals surface area contributed by atoms with Gasteiger partial charge in [0.25, 0.3) is 0 Å². The Hall–Kier alpha value is -0.260. The van der Waals surface area contributed by atoms with Crippen LogP contribution in [-0.2, 0) is 5.41 Å². The summed E-state index contributed by atoms with van der Waals surface area (Å²) in [4.78, 5) is 0.438. The van der Waals surface area contributed by atoms with Crippen molar-refractivity contribution in [3.05, 3.63) is 23.8 Å². The maximum absolute atomic E-state index is 5.69. The van der Waals surface area contributed by atoms with Gasteiger partial charge < -0.3 is 14.8 Å². The Morgan fingerprint density at radius 1 is 1.29 bits per heavy atom. The number of halogens is 2. The summed E-state index contributed by atoms with van der Waals surface area (Å²) in [6.07, 6.45) is 4.94. The molecule has 0 radical (unpaired) electrons. The second-order valence-electron chi connectivity index (χ2n) is 5.87. The molecule has 3 nitrogen and oxygen atoms in total. The van der Waals surface area contributed by atoms with Crippen LogP contribution in [0.3, 0.4) is 0 Å². The highest BCUT2D eigenvalue weighted by molar-refractivity contribution is 9.09. The van der Waals surface area contributed by atoms with Crippen LogP contribution < -0.4 is 14.8 Å². The predicted molar refractivity (Wildman–Crippen MR) is 94.5 cm³/mol. The number of piperidine rings is 1. The molecule has 0 spiro atoms. The molecular formula is C16H23Br2NO2. The number of nitrogens with one attached hydrogen (secondary N) is 1. The van der Waals surface area contributed by atoms with E-state index in [4.69, 9.17) is 9.47 Å². The minimum absolute atomic E-state index is 0. The average Bonchev–Trinajstić information content (AvgIpc) is 2.50. The van der Waals surface area contributed by atoms with Crippen LogP contribution in [0, 0.1) is 0 Å². The Morgan fingerprint density at radius 3 is 2.81 bits per heavy atom. The molecule has 5 heteroatoms. The van der Waals surface area contributed by atoms with Gasteiger partial charge in [-0.3, -0.25) is 0 Å². The van der Waals surface area contributed by atoms with Gasteiger partial charge >= 0.3 is 0 Å². The fraction of sp³-hybridized carbons (Fsp3) is 0.625. The van der Waals surface area contributed by atoms with E-state index in [0.29, 0.717) is 10.9 Å². The van der Waals surface area contributed by atoms with Crippen molar-refractivity contribution in [2.45, 2.75) is 42.0 Å². The molecule has 0 amide bonds. The minimum Gasteiger partial charge on any atom is -0.493 e. The first-order valence-electron chi connectivity index (χ1n) is 7.30. The Balaban J connectivity index is 0.00000161. The molecule has 1 aromatic rings. The molecule has 3 atom stereocenters. The van der Waals surface area contributed by atoms with E-state index in [-0.39, 0.29) is 22.4 Å². The molecule has 1 saturated carbocycles. The molecule has 1 aliphatic heterocycles. The Morgan fingerprint density at radius 2 is 2.10 bits per heavy atom. The van der Waals surface area contributed by atoms with Gasteiger partial charge in [-0.25, -0.2) is 0 Å². The number of methoxy groups -OCH3 is 2. The largest absolute Gasteiger partial charge is 0.493 e. The zero-order valence-corrected chi connectivity index (χ0v) is 15.8. The van der Waals surface area contributed by atoms with Crippen LogP contribution in [0.2, 0.25) is 0 Å². The lowest BCUT2D eigenvalue weighted by atomic mass is 9.63. The van der Waals surface area contributed by atoms with Crippen molar-refractivity contribution in [2.75, 3.05) is 20.8 Å². The van der Waals surface area contributed by atoms with Crippen LogP contribution in [0.4, 0.5) is 0 Å². The van der Waals surface area contributed by atoms with E-state index in [1.807, 2.05) is 6.07 Å². The van der Waals surface area contributed by atoms with E-state index in [2.05, 4.69) is 33.4 Å². The van der Waals surface area contributed by atoms with E-state index in [1.54, 1.807) is 14.2 Å². The molecule has 0 aromatic heterocycles. The monoisotopic (exact) mass is 419 g/mol. The maximum Gasteiger partial charge on any atom is 0.164 e. The minimum atomic E-state index is 0. The molecule has 1 aliphatic carbocycles. The summed E-state index contributed by atoms with van der Waals surface area (Å²) in [5.41, 5.74) is 1.46. The molecule has 118 valence electrons. The molecule has 2 bridgehead atoms. The number of rotatable bonds is 3. The van der Waals surface area contributed by atoms with Gasteiger partial charge in [-0.2, -0.15) is 0 Å². The molecule has 3 rings (SSSR count). The zero-order chi connectivity index (χ0) is 14.2. The molecule has 2 fully saturated rings. The Kier molecular flexibility index (Phi) is 5.60. The molecule has 1 heterocycles. The summed E-state index contributed by atoms with van der Waals surface area (Å²) < 4.78 is 11.2. The molecule has 2 aliphatic rings. The highest BCUT2D eigenvalue weighted by Crippen LogP contribution is 2.51. The molecule has 1 aromatic carbocycles. The van der Waals surface area contributed by atoms with E-state index in [0.717, 1.165) is 18.0 Å². The Labute approximate surface area is 145 Å². The van der Waals surface area contributed by atoms with Crippen LogP contribution in [0.1, 0.15) is 31.2 Å². The first-order chi connectivity index (χ1) is 9.71. The van der Waals surface area contributed by atoms with Crippen LogP contribution in [-0.4, -0.2) is 31.6 Å². The average molecular weight is 421 g/mol. The third-order valence-electron chi connectivity index (χ3n) is 4.91. The standard InChI is InChI=1S/C16H22BrNO2.BrH/c1-19-13-7-3-6-12(15(13)20-2)16-8-4-5-11(9-16)18-10-14(16)17;/h3,6-7,11,14,18H,4-5,8-10H2,1-2H3;1H. The molecular weight excluding hydrogens is 398 g/mol. The number of ether oxygens (including phenoxy) is 2. The summed E-state index contributed by atoms with van der Waals surface area (Å²) in [5.74, 6) is 1.74. The number of hydrogen-bond acceptors (Lipinski definition) is 3. The number of alkyl halides is 1. The topological polar surface area (TPSA) is 30.5 Å². The van der Waals surface area contributed by atoms with Crippen molar-refractivity contribution in [3.8, 4) is 11.5 Å². The van der Waals surface area contributed by atoms with Gasteiger partial charge in [0.05, 0.1) is 14.2 Å². The summed E-state index contributed by atoms with van der Waals surface area (Å²) in [7, 11) is 3.44. The lowest BCUT2D eigenvalue weighted by Gasteiger charge is -2.49. The van der Waals surface area contributed by atoms with E-state index in [9.17, 15) is 0 Å². The summed E-state index contributed by atoms with van der Waals surface area (Å²) in [5, 5.41) is 3.64. The highest BCUT2D eigenvalue weighted by atomic mass is 79.9. The van der Waals surface area contributed by atoms with Gasteiger partial charge in [0.1, 0.15) is 0 Å².